The number of phenols is 1. The Morgan fingerprint density at radius 2 is 2.06 bits per heavy atom. The fourth-order valence-corrected chi connectivity index (χ4v) is 1.36. The second-order valence-electron chi connectivity index (χ2n) is 3.24. The predicted octanol–water partition coefficient (Wildman–Crippen LogP) is 0.481. The van der Waals surface area contributed by atoms with E-state index >= 15 is 0 Å². The zero-order chi connectivity index (χ0) is 11.5. The third kappa shape index (κ3) is 2.02. The van der Waals surface area contributed by atoms with Crippen molar-refractivity contribution in [3.63, 3.8) is 0 Å². The summed E-state index contributed by atoms with van der Waals surface area (Å²) in [5.74, 6) is 0.223. The van der Waals surface area contributed by atoms with Gasteiger partial charge >= 0.3 is 5.69 Å². The van der Waals surface area contributed by atoms with Gasteiger partial charge in [-0.05, 0) is 12.1 Å². The number of hydrogen-bond acceptors (Lipinski definition) is 4. The Balaban J connectivity index is 2.32. The Labute approximate surface area is 91.0 Å². The second kappa shape index (κ2) is 4.05. The molecule has 16 heavy (non-hydrogen) atoms. The van der Waals surface area contributed by atoms with E-state index in [4.69, 9.17) is 0 Å². The van der Waals surface area contributed by atoms with Crippen LogP contribution in [0.5, 0.6) is 5.75 Å². The Morgan fingerprint density at radius 3 is 2.69 bits per heavy atom. The smallest absolute Gasteiger partial charge is 0.312 e. The third-order valence-corrected chi connectivity index (χ3v) is 2.11. The summed E-state index contributed by atoms with van der Waals surface area (Å²) in [6.45, 7) is 1.55. The van der Waals surface area contributed by atoms with Crippen LogP contribution in [0.3, 0.4) is 0 Å². The summed E-state index contributed by atoms with van der Waals surface area (Å²) in [6.07, 6.45) is 0. The van der Waals surface area contributed by atoms with E-state index in [1.807, 2.05) is 0 Å². The molecule has 1 aromatic rings. The number of nitro benzene ring substituents is 1. The number of hydrogen-bond donors (Lipinski definition) is 3. The molecule has 1 aliphatic rings. The molecule has 0 atom stereocenters. The zero-order valence-electron chi connectivity index (χ0n) is 8.30. The van der Waals surface area contributed by atoms with Gasteiger partial charge in [0.2, 0.25) is 0 Å². The molecule has 1 saturated heterocycles. The SMILES string of the molecule is O=[N+]([O-])c1cc(N=C2NCCN2)ccc1O. The van der Waals surface area contributed by atoms with Crippen LogP contribution < -0.4 is 10.6 Å². The Kier molecular flexibility index (Phi) is 2.59. The van der Waals surface area contributed by atoms with Crippen molar-refractivity contribution < 1.29 is 10.0 Å². The summed E-state index contributed by atoms with van der Waals surface area (Å²) >= 11 is 0. The molecule has 84 valence electrons. The fourth-order valence-electron chi connectivity index (χ4n) is 1.36. The van der Waals surface area contributed by atoms with Crippen molar-refractivity contribution in [1.82, 2.24) is 10.6 Å². The van der Waals surface area contributed by atoms with Gasteiger partial charge in [0.1, 0.15) is 0 Å². The van der Waals surface area contributed by atoms with Crippen LogP contribution in [0.1, 0.15) is 0 Å². The van der Waals surface area contributed by atoms with E-state index in [9.17, 15) is 15.2 Å². The lowest BCUT2D eigenvalue weighted by Gasteiger charge is -2.00. The van der Waals surface area contributed by atoms with E-state index in [0.717, 1.165) is 13.1 Å². The molecule has 1 aliphatic heterocycles. The second-order valence-corrected chi connectivity index (χ2v) is 3.24. The number of benzene rings is 1. The van der Waals surface area contributed by atoms with Crippen LogP contribution in [-0.2, 0) is 0 Å². The summed E-state index contributed by atoms with van der Waals surface area (Å²) in [6, 6.07) is 3.99. The van der Waals surface area contributed by atoms with E-state index in [1.165, 1.54) is 18.2 Å². The monoisotopic (exact) mass is 222 g/mol. The number of nitrogens with one attached hydrogen (secondary N) is 2. The average Bonchev–Trinajstić information content (AvgIpc) is 2.73. The van der Waals surface area contributed by atoms with Crippen LogP contribution in [0.15, 0.2) is 23.2 Å². The van der Waals surface area contributed by atoms with Crippen LogP contribution in [0.2, 0.25) is 0 Å². The van der Waals surface area contributed by atoms with Gasteiger partial charge in [-0.1, -0.05) is 0 Å². The van der Waals surface area contributed by atoms with E-state index in [2.05, 4.69) is 15.6 Å². The molecule has 7 nitrogen and oxygen atoms in total. The highest BCUT2D eigenvalue weighted by atomic mass is 16.6. The molecule has 1 aromatic carbocycles. The van der Waals surface area contributed by atoms with Crippen molar-refractivity contribution in [3.8, 4) is 5.75 Å². The number of phenolic OH excluding ortho intramolecular Hbond substituents is 1. The van der Waals surface area contributed by atoms with Crippen molar-refractivity contribution in [1.29, 1.82) is 0 Å². The van der Waals surface area contributed by atoms with Crippen molar-refractivity contribution in [2.75, 3.05) is 13.1 Å². The first-order valence-electron chi connectivity index (χ1n) is 4.70. The number of nitro groups is 1. The van der Waals surface area contributed by atoms with Gasteiger partial charge < -0.3 is 15.7 Å². The quantitative estimate of drug-likeness (QED) is 0.499. The molecule has 0 saturated carbocycles. The molecule has 7 heteroatoms. The van der Waals surface area contributed by atoms with Gasteiger partial charge in [-0.2, -0.15) is 0 Å². The molecular weight excluding hydrogens is 212 g/mol. The van der Waals surface area contributed by atoms with Crippen LogP contribution >= 0.6 is 0 Å². The predicted molar refractivity (Wildman–Crippen MR) is 57.9 cm³/mol. The topological polar surface area (TPSA) is 99.8 Å². The molecule has 0 spiro atoms. The zero-order valence-corrected chi connectivity index (χ0v) is 8.30. The van der Waals surface area contributed by atoms with Crippen molar-refractivity contribution in [3.05, 3.63) is 28.3 Å². The van der Waals surface area contributed by atoms with Gasteiger partial charge in [-0.25, -0.2) is 4.99 Å². The van der Waals surface area contributed by atoms with Crippen LogP contribution in [0.25, 0.3) is 0 Å². The van der Waals surface area contributed by atoms with Crippen molar-refractivity contribution in [2.24, 2.45) is 4.99 Å². The summed E-state index contributed by atoms with van der Waals surface area (Å²) in [5, 5.41) is 25.8. The van der Waals surface area contributed by atoms with Crippen LogP contribution in [0.4, 0.5) is 11.4 Å². The highest BCUT2D eigenvalue weighted by Crippen LogP contribution is 2.29. The van der Waals surface area contributed by atoms with Crippen molar-refractivity contribution >= 4 is 17.3 Å². The highest BCUT2D eigenvalue weighted by Gasteiger charge is 2.14. The summed E-state index contributed by atoms with van der Waals surface area (Å²) in [5.41, 5.74) is 0.0706. The molecule has 2 rings (SSSR count). The molecule has 0 amide bonds. The Morgan fingerprint density at radius 1 is 1.38 bits per heavy atom. The average molecular weight is 222 g/mol. The maximum atomic E-state index is 10.6. The minimum atomic E-state index is -0.644. The summed E-state index contributed by atoms with van der Waals surface area (Å²) in [4.78, 5) is 14.1. The van der Waals surface area contributed by atoms with E-state index in [1.54, 1.807) is 0 Å². The van der Waals surface area contributed by atoms with Gasteiger partial charge in [0, 0.05) is 19.2 Å². The molecule has 0 bridgehead atoms. The van der Waals surface area contributed by atoms with Gasteiger partial charge in [0.15, 0.2) is 11.7 Å². The van der Waals surface area contributed by atoms with E-state index in [0.29, 0.717) is 11.6 Å². The molecule has 0 unspecified atom stereocenters. The highest BCUT2D eigenvalue weighted by molar-refractivity contribution is 5.84. The maximum absolute atomic E-state index is 10.6. The molecule has 0 aliphatic carbocycles. The first-order valence-corrected chi connectivity index (χ1v) is 4.70. The van der Waals surface area contributed by atoms with Crippen LogP contribution in [0, 0.1) is 10.1 Å². The van der Waals surface area contributed by atoms with E-state index in [-0.39, 0.29) is 11.4 Å². The van der Waals surface area contributed by atoms with Crippen LogP contribution in [-0.4, -0.2) is 29.1 Å². The van der Waals surface area contributed by atoms with Crippen molar-refractivity contribution in [2.45, 2.75) is 0 Å². The number of rotatable bonds is 2. The largest absolute Gasteiger partial charge is 0.502 e. The lowest BCUT2D eigenvalue weighted by molar-refractivity contribution is -0.385. The fraction of sp³-hybridized carbons (Fsp3) is 0.222. The number of nitrogens with zero attached hydrogens (tertiary/aromatic N) is 2. The van der Waals surface area contributed by atoms with Gasteiger partial charge in [0.05, 0.1) is 10.6 Å². The maximum Gasteiger partial charge on any atom is 0.312 e. The Hall–Kier alpha value is -2.31. The Bertz CT molecular complexity index is 450. The minimum absolute atomic E-state index is 0.347. The molecule has 0 aromatic heterocycles. The van der Waals surface area contributed by atoms with Gasteiger partial charge in [0.25, 0.3) is 0 Å². The number of guanidine groups is 1. The van der Waals surface area contributed by atoms with Gasteiger partial charge in [-0.3, -0.25) is 10.1 Å². The summed E-state index contributed by atoms with van der Waals surface area (Å²) in [7, 11) is 0. The normalized spacial score (nSPS) is 14.1. The summed E-state index contributed by atoms with van der Waals surface area (Å²) < 4.78 is 0. The lowest BCUT2D eigenvalue weighted by Crippen LogP contribution is -2.23. The third-order valence-electron chi connectivity index (χ3n) is 2.11. The standard InChI is InChI=1S/C9H10N4O3/c14-8-2-1-6(5-7(8)13(15)16)12-9-10-3-4-11-9/h1-2,5,14H,3-4H2,(H2,10,11,12). The number of aliphatic imine (C=N–C) groups is 1. The number of aromatic hydroxyl groups is 1. The molecule has 1 fully saturated rings. The first-order chi connectivity index (χ1) is 7.66. The lowest BCUT2D eigenvalue weighted by atomic mass is 10.2. The molecule has 3 N–H and O–H groups in total. The first kappa shape index (κ1) is 10.2. The van der Waals surface area contributed by atoms with E-state index < -0.39 is 4.92 Å². The molecule has 1 heterocycles. The molecular formula is C9H10N4O3. The molecule has 0 radical (unpaired) electrons. The minimum Gasteiger partial charge on any atom is -0.502 e. The van der Waals surface area contributed by atoms with Gasteiger partial charge in [-0.15, -0.1) is 0 Å².